The van der Waals surface area contributed by atoms with Gasteiger partial charge in [-0.25, -0.2) is 0 Å². The average Bonchev–Trinajstić information content (AvgIpc) is 2.75. The van der Waals surface area contributed by atoms with Gasteiger partial charge in [-0.15, -0.1) is 0 Å². The molecule has 174 valence electrons. The minimum Gasteiger partial charge on any atom is -0.351 e. The van der Waals surface area contributed by atoms with E-state index in [1.807, 2.05) is 32.3 Å². The largest absolute Gasteiger partial charge is 0.351 e. The molecule has 2 aromatic heterocycles. The summed E-state index contributed by atoms with van der Waals surface area (Å²) in [6.07, 6.45) is 6.21. The molecule has 2 aromatic carbocycles. The Balaban J connectivity index is 0.000000968. The van der Waals surface area contributed by atoms with E-state index in [-0.39, 0.29) is 5.43 Å². The first-order valence-electron chi connectivity index (χ1n) is 11.1. The molecule has 33 heavy (non-hydrogen) atoms. The van der Waals surface area contributed by atoms with Crippen molar-refractivity contribution in [1.82, 2.24) is 14.8 Å². The number of aromatic amines is 2. The highest BCUT2D eigenvalue weighted by molar-refractivity contribution is 6.36. The summed E-state index contributed by atoms with van der Waals surface area (Å²) in [5.74, 6) is 0. The SMILES string of the molecule is CCN.Cc1c(Cc2c(Cl)cccc2Cl)c(=O)ccn1CCCc1ccc(-c2c[nH][nH]2)cc1. The lowest BCUT2D eigenvalue weighted by Gasteiger charge is -2.15. The van der Waals surface area contributed by atoms with Gasteiger partial charge in [0.15, 0.2) is 5.43 Å². The number of nitrogens with two attached hydrogens (primary N) is 1. The molecule has 4 rings (SSSR count). The molecular formula is C26H30Cl2N4O. The van der Waals surface area contributed by atoms with Crippen molar-refractivity contribution >= 4 is 23.2 Å². The average molecular weight is 485 g/mol. The lowest BCUT2D eigenvalue weighted by molar-refractivity contribution is 0.618. The molecule has 0 aliphatic heterocycles. The first-order valence-corrected chi connectivity index (χ1v) is 11.8. The molecule has 0 atom stereocenters. The summed E-state index contributed by atoms with van der Waals surface area (Å²) < 4.78 is 2.14. The molecule has 0 radical (unpaired) electrons. The Morgan fingerprint density at radius 3 is 2.21 bits per heavy atom. The zero-order valence-electron chi connectivity index (χ0n) is 19.0. The van der Waals surface area contributed by atoms with E-state index in [4.69, 9.17) is 28.9 Å². The third-order valence-corrected chi connectivity index (χ3v) is 6.25. The summed E-state index contributed by atoms with van der Waals surface area (Å²) in [5.41, 5.74) is 11.0. The van der Waals surface area contributed by atoms with Crippen molar-refractivity contribution in [3.63, 3.8) is 0 Å². The first-order chi connectivity index (χ1) is 15.9. The molecule has 2 heterocycles. The van der Waals surface area contributed by atoms with Crippen molar-refractivity contribution < 1.29 is 0 Å². The fraction of sp³-hybridized carbons (Fsp3) is 0.269. The zero-order chi connectivity index (χ0) is 23.8. The Bertz CT molecular complexity index is 1190. The molecule has 0 aliphatic carbocycles. The summed E-state index contributed by atoms with van der Waals surface area (Å²) in [6.45, 7) is 5.48. The highest BCUT2D eigenvalue weighted by Gasteiger charge is 2.13. The molecule has 7 heteroatoms. The predicted molar refractivity (Wildman–Crippen MR) is 138 cm³/mol. The van der Waals surface area contributed by atoms with Crippen LogP contribution in [0.2, 0.25) is 10.0 Å². The van der Waals surface area contributed by atoms with Crippen LogP contribution in [0.1, 0.15) is 35.7 Å². The van der Waals surface area contributed by atoms with Crippen molar-refractivity contribution in [3.05, 3.63) is 104 Å². The number of hydrogen-bond acceptors (Lipinski definition) is 2. The maximum absolute atomic E-state index is 12.5. The summed E-state index contributed by atoms with van der Waals surface area (Å²) in [5, 5.41) is 7.14. The van der Waals surface area contributed by atoms with Crippen LogP contribution in [0.3, 0.4) is 0 Å². The molecule has 5 nitrogen and oxygen atoms in total. The van der Waals surface area contributed by atoms with E-state index < -0.39 is 0 Å². The van der Waals surface area contributed by atoms with Crippen molar-refractivity contribution in [2.45, 2.75) is 39.7 Å². The van der Waals surface area contributed by atoms with Crippen LogP contribution in [-0.4, -0.2) is 21.3 Å². The van der Waals surface area contributed by atoms with Crippen LogP contribution in [0.25, 0.3) is 11.3 Å². The van der Waals surface area contributed by atoms with E-state index >= 15 is 0 Å². The molecule has 0 bridgehead atoms. The predicted octanol–water partition coefficient (Wildman–Crippen LogP) is 5.98. The molecule has 0 aliphatic rings. The monoisotopic (exact) mass is 484 g/mol. The summed E-state index contributed by atoms with van der Waals surface area (Å²) in [7, 11) is 0. The highest BCUT2D eigenvalue weighted by atomic mass is 35.5. The number of halogens is 2. The van der Waals surface area contributed by atoms with Gasteiger partial charge in [-0.1, -0.05) is 60.5 Å². The van der Waals surface area contributed by atoms with Crippen molar-refractivity contribution in [1.29, 1.82) is 0 Å². The standard InChI is InChI=1S/C24H23Cl2N3O.C2H7N/c1-16-19(14-20-21(25)5-2-6-22(20)26)24(30)11-13-29(16)12-3-4-17-7-9-18(10-8-17)23-15-27-28-23;1-2-3/h2,5-11,13,15,27-28H,3-4,12,14H2,1H3;2-3H2,1H3. The van der Waals surface area contributed by atoms with E-state index in [9.17, 15) is 4.79 Å². The number of aromatic nitrogens is 3. The third-order valence-electron chi connectivity index (χ3n) is 5.54. The normalized spacial score (nSPS) is 10.7. The zero-order valence-corrected chi connectivity index (χ0v) is 20.5. The van der Waals surface area contributed by atoms with Gasteiger partial charge >= 0.3 is 0 Å². The van der Waals surface area contributed by atoms with Crippen LogP contribution in [0, 0.1) is 6.92 Å². The molecule has 0 amide bonds. The van der Waals surface area contributed by atoms with Gasteiger partial charge in [0.2, 0.25) is 0 Å². The van der Waals surface area contributed by atoms with E-state index in [0.717, 1.165) is 48.4 Å². The minimum absolute atomic E-state index is 0.0173. The molecule has 0 saturated carbocycles. The maximum atomic E-state index is 12.5. The second-order valence-electron chi connectivity index (χ2n) is 7.85. The topological polar surface area (TPSA) is 79.6 Å². The fourth-order valence-corrected chi connectivity index (χ4v) is 4.19. The number of nitrogens with one attached hydrogen (secondary N) is 2. The quantitative estimate of drug-likeness (QED) is 0.301. The maximum Gasteiger partial charge on any atom is 0.185 e. The Morgan fingerprint density at radius 1 is 1.00 bits per heavy atom. The van der Waals surface area contributed by atoms with Gasteiger partial charge in [-0.3, -0.25) is 9.89 Å². The van der Waals surface area contributed by atoms with Crippen LogP contribution in [-0.2, 0) is 19.4 Å². The van der Waals surface area contributed by atoms with Crippen LogP contribution < -0.4 is 11.2 Å². The van der Waals surface area contributed by atoms with Crippen LogP contribution >= 0.6 is 23.2 Å². The number of aryl methyl sites for hydroxylation is 2. The van der Waals surface area contributed by atoms with Gasteiger partial charge in [-0.2, -0.15) is 0 Å². The number of pyridine rings is 1. The Labute approximate surface area is 204 Å². The Hall–Kier alpha value is -2.73. The van der Waals surface area contributed by atoms with Crippen LogP contribution in [0.4, 0.5) is 0 Å². The summed E-state index contributed by atoms with van der Waals surface area (Å²) in [4.78, 5) is 12.5. The molecule has 4 N–H and O–H groups in total. The highest BCUT2D eigenvalue weighted by Crippen LogP contribution is 2.27. The van der Waals surface area contributed by atoms with E-state index in [1.165, 1.54) is 11.1 Å². The minimum atomic E-state index is 0.0173. The van der Waals surface area contributed by atoms with Gasteiger partial charge in [-0.05, 0) is 49.6 Å². The second-order valence-corrected chi connectivity index (χ2v) is 8.66. The molecule has 0 saturated heterocycles. The Kier molecular flexibility index (Phi) is 9.01. The Morgan fingerprint density at radius 2 is 1.64 bits per heavy atom. The smallest absolute Gasteiger partial charge is 0.185 e. The number of nitrogens with zero attached hydrogens (tertiary/aromatic N) is 1. The number of hydrogen-bond donors (Lipinski definition) is 3. The molecule has 4 aromatic rings. The van der Waals surface area contributed by atoms with Gasteiger partial charge in [0.1, 0.15) is 0 Å². The van der Waals surface area contributed by atoms with Crippen molar-refractivity contribution in [3.8, 4) is 11.3 Å². The third kappa shape index (κ3) is 6.41. The fourth-order valence-electron chi connectivity index (χ4n) is 3.66. The van der Waals surface area contributed by atoms with E-state index in [2.05, 4.69) is 39.0 Å². The molecule has 0 spiro atoms. The number of H-pyrrole nitrogens is 2. The van der Waals surface area contributed by atoms with Gasteiger partial charge in [0, 0.05) is 58.3 Å². The van der Waals surface area contributed by atoms with Crippen LogP contribution in [0.5, 0.6) is 0 Å². The first kappa shape index (κ1) is 24.9. The van der Waals surface area contributed by atoms with Crippen LogP contribution in [0.15, 0.2) is 65.7 Å². The number of rotatable bonds is 7. The lowest BCUT2D eigenvalue weighted by Crippen LogP contribution is -2.17. The van der Waals surface area contributed by atoms with Gasteiger partial charge in [0.05, 0.1) is 5.69 Å². The molecule has 0 unspecified atom stereocenters. The summed E-state index contributed by atoms with van der Waals surface area (Å²) >= 11 is 12.6. The number of benzene rings is 2. The van der Waals surface area contributed by atoms with Crippen molar-refractivity contribution in [2.75, 3.05) is 6.54 Å². The summed E-state index contributed by atoms with van der Waals surface area (Å²) in [6, 6.07) is 15.6. The molecular weight excluding hydrogens is 455 g/mol. The second kappa shape index (κ2) is 11.9. The van der Waals surface area contributed by atoms with E-state index in [0.29, 0.717) is 16.5 Å². The van der Waals surface area contributed by atoms with Gasteiger partial charge < -0.3 is 15.4 Å². The van der Waals surface area contributed by atoms with Crippen molar-refractivity contribution in [2.24, 2.45) is 5.73 Å². The molecule has 0 fully saturated rings. The lowest BCUT2D eigenvalue weighted by atomic mass is 10.0. The van der Waals surface area contributed by atoms with Gasteiger partial charge in [0.25, 0.3) is 0 Å². The van der Waals surface area contributed by atoms with E-state index in [1.54, 1.807) is 18.2 Å².